The zero-order valence-corrected chi connectivity index (χ0v) is 21.5. The number of nitrogens with zero attached hydrogens (tertiary/aromatic N) is 3. The molecule has 0 saturated heterocycles. The summed E-state index contributed by atoms with van der Waals surface area (Å²) in [6.07, 6.45) is 1.57. The summed E-state index contributed by atoms with van der Waals surface area (Å²) in [5, 5.41) is 18.2. The molecular formula is C27H23ClN4O3S. The molecule has 2 aliphatic rings. The Kier molecular flexibility index (Phi) is 6.55. The topological polar surface area (TPSA) is 87.3 Å². The highest BCUT2D eigenvalue weighted by Gasteiger charge is 2.36. The monoisotopic (exact) mass is 518 g/mol. The SMILES string of the molecule is COc1cc(/C=C2/C(=N)N3N=C(C(C)C)SC3=NC2=O)cc(Cl)c1OCc1cccc2ccccc12. The van der Waals surface area contributed by atoms with E-state index in [4.69, 9.17) is 26.5 Å². The van der Waals surface area contributed by atoms with Gasteiger partial charge in [0.25, 0.3) is 5.91 Å². The number of carbonyl (C=O) groups is 1. The smallest absolute Gasteiger partial charge is 0.283 e. The number of hydrogen-bond acceptors (Lipinski definition) is 6. The van der Waals surface area contributed by atoms with E-state index in [9.17, 15) is 4.79 Å². The van der Waals surface area contributed by atoms with E-state index in [0.29, 0.717) is 33.9 Å². The van der Waals surface area contributed by atoms with Crippen LogP contribution in [-0.4, -0.2) is 34.1 Å². The van der Waals surface area contributed by atoms with Gasteiger partial charge in [0.05, 0.1) is 17.7 Å². The Morgan fingerprint density at radius 3 is 2.72 bits per heavy atom. The first-order valence-corrected chi connectivity index (χ1v) is 12.5. The molecule has 1 N–H and O–H groups in total. The van der Waals surface area contributed by atoms with E-state index in [1.54, 1.807) is 18.2 Å². The summed E-state index contributed by atoms with van der Waals surface area (Å²) in [5.41, 5.74) is 1.73. The van der Waals surface area contributed by atoms with Crippen LogP contribution in [0.25, 0.3) is 16.8 Å². The summed E-state index contributed by atoms with van der Waals surface area (Å²) in [6, 6.07) is 17.6. The highest BCUT2D eigenvalue weighted by Crippen LogP contribution is 2.38. The molecule has 0 aliphatic carbocycles. The summed E-state index contributed by atoms with van der Waals surface area (Å²) in [4.78, 5) is 16.9. The maximum Gasteiger partial charge on any atom is 0.283 e. The molecule has 0 bridgehead atoms. The Morgan fingerprint density at radius 1 is 1.17 bits per heavy atom. The van der Waals surface area contributed by atoms with Gasteiger partial charge in [-0.15, -0.1) is 0 Å². The lowest BCUT2D eigenvalue weighted by Gasteiger charge is -2.20. The largest absolute Gasteiger partial charge is 0.493 e. The van der Waals surface area contributed by atoms with Crippen LogP contribution < -0.4 is 9.47 Å². The van der Waals surface area contributed by atoms with Gasteiger partial charge in [0.15, 0.2) is 17.3 Å². The molecule has 3 aromatic carbocycles. The Labute approximate surface area is 218 Å². The highest BCUT2D eigenvalue weighted by molar-refractivity contribution is 8.27. The van der Waals surface area contributed by atoms with Gasteiger partial charge in [0.2, 0.25) is 5.17 Å². The van der Waals surface area contributed by atoms with Gasteiger partial charge >= 0.3 is 0 Å². The van der Waals surface area contributed by atoms with Crippen LogP contribution >= 0.6 is 23.4 Å². The number of ether oxygens (including phenoxy) is 2. The number of rotatable bonds is 6. The highest BCUT2D eigenvalue weighted by atomic mass is 35.5. The van der Waals surface area contributed by atoms with Crippen molar-refractivity contribution in [3.8, 4) is 11.5 Å². The second-order valence-electron chi connectivity index (χ2n) is 8.57. The summed E-state index contributed by atoms with van der Waals surface area (Å²) in [5.74, 6) is 0.472. The average molecular weight is 519 g/mol. The number of thioether (sulfide) groups is 1. The van der Waals surface area contributed by atoms with Gasteiger partial charge < -0.3 is 9.47 Å². The van der Waals surface area contributed by atoms with Crippen molar-refractivity contribution in [2.75, 3.05) is 7.11 Å². The minimum Gasteiger partial charge on any atom is -0.493 e. The van der Waals surface area contributed by atoms with Gasteiger partial charge in [-0.2, -0.15) is 15.1 Å². The molecule has 0 atom stereocenters. The number of nitrogens with one attached hydrogen (secondary N) is 1. The molecule has 0 fully saturated rings. The van der Waals surface area contributed by atoms with Crippen molar-refractivity contribution >= 4 is 62.2 Å². The molecule has 2 aliphatic heterocycles. The molecule has 0 unspecified atom stereocenters. The number of hydrazone groups is 1. The summed E-state index contributed by atoms with van der Waals surface area (Å²) >= 11 is 7.91. The molecule has 36 heavy (non-hydrogen) atoms. The van der Waals surface area contributed by atoms with E-state index in [2.05, 4.69) is 28.3 Å². The summed E-state index contributed by atoms with van der Waals surface area (Å²) in [7, 11) is 1.53. The van der Waals surface area contributed by atoms with Crippen molar-refractivity contribution in [3.63, 3.8) is 0 Å². The third-order valence-corrected chi connectivity index (χ3v) is 7.27. The normalized spacial score (nSPS) is 16.5. The van der Waals surface area contributed by atoms with Crippen LogP contribution in [0.5, 0.6) is 11.5 Å². The average Bonchev–Trinajstić information content (AvgIpc) is 3.30. The van der Waals surface area contributed by atoms with Gasteiger partial charge in [-0.05, 0) is 51.9 Å². The second kappa shape index (κ2) is 9.79. The van der Waals surface area contributed by atoms with E-state index < -0.39 is 5.91 Å². The maximum atomic E-state index is 12.7. The van der Waals surface area contributed by atoms with Gasteiger partial charge in [-0.3, -0.25) is 10.2 Å². The molecule has 3 aromatic rings. The van der Waals surface area contributed by atoms with Crippen molar-refractivity contribution in [1.82, 2.24) is 5.01 Å². The van der Waals surface area contributed by atoms with Crippen LogP contribution in [0.2, 0.25) is 5.02 Å². The van der Waals surface area contributed by atoms with E-state index >= 15 is 0 Å². The molecule has 7 nitrogen and oxygen atoms in total. The predicted molar refractivity (Wildman–Crippen MR) is 146 cm³/mol. The zero-order valence-electron chi connectivity index (χ0n) is 19.9. The number of amides is 1. The van der Waals surface area contributed by atoms with Crippen molar-refractivity contribution in [2.24, 2.45) is 16.0 Å². The molecule has 5 rings (SSSR count). The molecule has 2 heterocycles. The lowest BCUT2D eigenvalue weighted by molar-refractivity contribution is -0.114. The van der Waals surface area contributed by atoms with Crippen LogP contribution in [-0.2, 0) is 11.4 Å². The fraction of sp³-hybridized carbons (Fsp3) is 0.185. The standard InChI is InChI=1S/C27H23ClN4O3S/c1-15(2)26-31-32-24(29)20(25(33)30-27(32)36-26)11-16-12-21(28)23(22(13-16)34-3)35-14-18-9-6-8-17-7-4-5-10-19(17)18/h4-13,15,29H,14H2,1-3H3/b20-11-,29-24?. The Morgan fingerprint density at radius 2 is 1.94 bits per heavy atom. The quantitative estimate of drug-likeness (QED) is 0.384. The minimum atomic E-state index is -0.495. The first kappa shape index (κ1) is 24.1. The Bertz CT molecular complexity index is 1490. The van der Waals surface area contributed by atoms with Gasteiger partial charge in [-0.1, -0.05) is 67.9 Å². The summed E-state index contributed by atoms with van der Waals surface area (Å²) in [6.45, 7) is 4.32. The second-order valence-corrected chi connectivity index (χ2v) is 9.97. The Balaban J connectivity index is 1.43. The number of amidine groups is 2. The Hall–Kier alpha value is -3.62. The molecule has 1 amide bonds. The van der Waals surface area contributed by atoms with Gasteiger partial charge in [0, 0.05) is 5.92 Å². The van der Waals surface area contributed by atoms with Crippen molar-refractivity contribution < 1.29 is 14.3 Å². The lowest BCUT2D eigenvalue weighted by atomic mass is 10.1. The number of carbonyl (C=O) groups excluding carboxylic acids is 1. The van der Waals surface area contributed by atoms with E-state index in [-0.39, 0.29) is 17.3 Å². The zero-order chi connectivity index (χ0) is 25.4. The molecule has 0 radical (unpaired) electrons. The minimum absolute atomic E-state index is 0.0282. The summed E-state index contributed by atoms with van der Waals surface area (Å²) < 4.78 is 11.6. The molecule has 9 heteroatoms. The fourth-order valence-corrected chi connectivity index (χ4v) is 5.10. The number of halogens is 1. The number of aliphatic imine (C=N–C) groups is 1. The van der Waals surface area contributed by atoms with Crippen LogP contribution in [0.3, 0.4) is 0 Å². The third kappa shape index (κ3) is 4.50. The molecule has 0 aromatic heterocycles. The lowest BCUT2D eigenvalue weighted by Crippen LogP contribution is -2.35. The first-order chi connectivity index (χ1) is 17.4. The predicted octanol–water partition coefficient (Wildman–Crippen LogP) is 6.36. The molecule has 182 valence electrons. The van der Waals surface area contributed by atoms with Crippen LogP contribution in [0, 0.1) is 11.3 Å². The number of methoxy groups -OCH3 is 1. The van der Waals surface area contributed by atoms with Gasteiger partial charge in [0.1, 0.15) is 11.7 Å². The van der Waals surface area contributed by atoms with Crippen molar-refractivity contribution in [2.45, 2.75) is 20.5 Å². The maximum absolute atomic E-state index is 12.7. The number of hydrogen-bond donors (Lipinski definition) is 1. The van der Waals surface area contributed by atoms with E-state index in [1.165, 1.54) is 23.9 Å². The first-order valence-electron chi connectivity index (χ1n) is 11.3. The molecule has 0 spiro atoms. The van der Waals surface area contributed by atoms with Gasteiger partial charge in [-0.25, -0.2) is 0 Å². The third-order valence-electron chi connectivity index (χ3n) is 5.78. The number of fused-ring (bicyclic) bond motifs is 2. The van der Waals surface area contributed by atoms with Crippen molar-refractivity contribution in [3.05, 3.63) is 76.3 Å². The van der Waals surface area contributed by atoms with Crippen LogP contribution in [0.15, 0.2) is 70.3 Å². The van der Waals surface area contributed by atoms with Crippen LogP contribution in [0.1, 0.15) is 25.0 Å². The van der Waals surface area contributed by atoms with E-state index in [1.807, 2.05) is 38.1 Å². The number of benzene rings is 3. The fourth-order valence-electron chi connectivity index (χ4n) is 3.94. The van der Waals surface area contributed by atoms with Crippen LogP contribution in [0.4, 0.5) is 0 Å². The molecular weight excluding hydrogens is 496 g/mol. The molecule has 0 saturated carbocycles. The van der Waals surface area contributed by atoms with Crippen molar-refractivity contribution in [1.29, 1.82) is 5.41 Å². The van der Waals surface area contributed by atoms with E-state index in [0.717, 1.165) is 21.4 Å².